The van der Waals surface area contributed by atoms with Gasteiger partial charge in [0.25, 0.3) is 5.91 Å². The number of hydrogen-bond acceptors (Lipinski definition) is 8. The van der Waals surface area contributed by atoms with Crippen LogP contribution < -0.4 is 11.1 Å². The summed E-state index contributed by atoms with van der Waals surface area (Å²) in [5, 5.41) is 16.8. The quantitative estimate of drug-likeness (QED) is 0.300. The van der Waals surface area contributed by atoms with Gasteiger partial charge >= 0.3 is 0 Å². The van der Waals surface area contributed by atoms with Crippen LogP contribution >= 0.6 is 0 Å². The first-order valence-corrected chi connectivity index (χ1v) is 10.3. The Morgan fingerprint density at radius 2 is 2.15 bits per heavy atom. The molecule has 11 nitrogen and oxygen atoms in total. The molecule has 4 rings (SSSR count). The van der Waals surface area contributed by atoms with Gasteiger partial charge < -0.3 is 20.4 Å². The Bertz CT molecular complexity index is 1460. The lowest BCUT2D eigenvalue weighted by Crippen LogP contribution is -2.13. The number of aldehydes is 1. The van der Waals surface area contributed by atoms with E-state index in [2.05, 4.69) is 26.5 Å². The highest BCUT2D eigenvalue weighted by Crippen LogP contribution is 2.35. The van der Waals surface area contributed by atoms with Gasteiger partial charge in [0.1, 0.15) is 17.3 Å². The molecule has 172 valence electrons. The zero-order valence-electron chi connectivity index (χ0n) is 18.9. The molecule has 0 saturated heterocycles. The number of aromatic nitrogens is 5. The molecular formula is C23H22N8O3. The second kappa shape index (κ2) is 9.13. The number of amides is 1. The van der Waals surface area contributed by atoms with Crippen LogP contribution in [0.3, 0.4) is 0 Å². The maximum absolute atomic E-state index is 12.6. The molecule has 0 fully saturated rings. The standard InChI is InChI=1S/C23H22N8O3/c1-30-19-8-14(18-4-5-28-31(18)2)17(12-32)29-21(19)20(23(25)33)22(30)16-9-15(26-6-7-34-3)13(10-24)11-27-16/h4-5,8-9,11-12H,6-7H2,1-3H3,(H2,25,33)(H,26,27). The first-order valence-electron chi connectivity index (χ1n) is 10.3. The van der Waals surface area contributed by atoms with Crippen molar-refractivity contribution in [3.63, 3.8) is 0 Å². The Balaban J connectivity index is 1.98. The van der Waals surface area contributed by atoms with E-state index >= 15 is 0 Å². The molecule has 0 saturated carbocycles. The van der Waals surface area contributed by atoms with E-state index in [0.29, 0.717) is 58.9 Å². The summed E-state index contributed by atoms with van der Waals surface area (Å²) < 4.78 is 8.45. The van der Waals surface area contributed by atoms with Gasteiger partial charge in [-0.1, -0.05) is 0 Å². The first-order chi connectivity index (χ1) is 16.4. The van der Waals surface area contributed by atoms with Crippen molar-refractivity contribution < 1.29 is 14.3 Å². The summed E-state index contributed by atoms with van der Waals surface area (Å²) in [5.41, 5.74) is 9.94. The molecule has 0 aromatic carbocycles. The molecule has 11 heteroatoms. The summed E-state index contributed by atoms with van der Waals surface area (Å²) >= 11 is 0. The highest BCUT2D eigenvalue weighted by molar-refractivity contribution is 6.11. The van der Waals surface area contributed by atoms with E-state index in [9.17, 15) is 14.9 Å². The van der Waals surface area contributed by atoms with Crippen molar-refractivity contribution in [3.05, 3.63) is 47.4 Å². The maximum atomic E-state index is 12.6. The molecule has 0 spiro atoms. The highest BCUT2D eigenvalue weighted by atomic mass is 16.5. The molecule has 0 aliphatic carbocycles. The van der Waals surface area contributed by atoms with E-state index in [4.69, 9.17) is 10.5 Å². The SMILES string of the molecule is COCCNc1cc(-c2c(C(N)=O)c3nc(C=O)c(-c4ccnn4C)cc3n2C)ncc1C#N. The third kappa shape index (κ3) is 3.76. The van der Waals surface area contributed by atoms with Gasteiger partial charge in [-0.3, -0.25) is 19.3 Å². The number of nitrogens with one attached hydrogen (secondary N) is 1. The van der Waals surface area contributed by atoms with Crippen LogP contribution in [0.1, 0.15) is 26.4 Å². The van der Waals surface area contributed by atoms with Crippen LogP contribution in [0.2, 0.25) is 0 Å². The number of nitriles is 1. The third-order valence-corrected chi connectivity index (χ3v) is 5.55. The van der Waals surface area contributed by atoms with Gasteiger partial charge in [0.05, 0.1) is 46.0 Å². The van der Waals surface area contributed by atoms with Gasteiger partial charge in [0, 0.05) is 45.7 Å². The fourth-order valence-electron chi connectivity index (χ4n) is 3.93. The summed E-state index contributed by atoms with van der Waals surface area (Å²) in [4.78, 5) is 33.3. The van der Waals surface area contributed by atoms with Crippen LogP contribution in [-0.4, -0.2) is 56.8 Å². The van der Waals surface area contributed by atoms with Crippen molar-refractivity contribution in [3.8, 4) is 28.7 Å². The molecule has 0 atom stereocenters. The second-order valence-corrected chi connectivity index (χ2v) is 7.54. The molecule has 0 aliphatic heterocycles. The lowest BCUT2D eigenvalue weighted by molar-refractivity contribution is 0.100. The van der Waals surface area contributed by atoms with Gasteiger partial charge in [-0.2, -0.15) is 10.4 Å². The Labute approximate surface area is 194 Å². The number of nitrogens with zero attached hydrogens (tertiary/aromatic N) is 6. The summed E-state index contributed by atoms with van der Waals surface area (Å²) in [7, 11) is 5.11. The zero-order chi connectivity index (χ0) is 24.4. The molecule has 4 aromatic heterocycles. The number of ether oxygens (including phenoxy) is 1. The van der Waals surface area contributed by atoms with E-state index in [1.165, 1.54) is 6.20 Å². The number of carbonyl (C=O) groups excluding carboxylic acids is 2. The summed E-state index contributed by atoms with van der Waals surface area (Å²) in [6.07, 6.45) is 3.69. The minimum absolute atomic E-state index is 0.136. The van der Waals surface area contributed by atoms with Gasteiger partial charge in [-0.25, -0.2) is 4.98 Å². The number of aryl methyl sites for hydroxylation is 2. The average Bonchev–Trinajstić information content (AvgIpc) is 3.38. The molecular weight excluding hydrogens is 436 g/mol. The van der Waals surface area contributed by atoms with Crippen LogP contribution in [0.15, 0.2) is 30.6 Å². The van der Waals surface area contributed by atoms with Crippen LogP contribution in [0.4, 0.5) is 5.69 Å². The molecule has 0 unspecified atom stereocenters. The number of methoxy groups -OCH3 is 1. The van der Waals surface area contributed by atoms with Crippen LogP contribution in [0.25, 0.3) is 33.7 Å². The number of nitrogens with two attached hydrogens (primary N) is 1. The molecule has 1 amide bonds. The number of carbonyl (C=O) groups is 2. The largest absolute Gasteiger partial charge is 0.383 e. The molecule has 0 radical (unpaired) electrons. The van der Waals surface area contributed by atoms with Crippen molar-refractivity contribution >= 4 is 28.9 Å². The molecule has 0 aliphatic rings. The fraction of sp³-hybridized carbons (Fsp3) is 0.217. The Morgan fingerprint density at radius 1 is 1.35 bits per heavy atom. The molecule has 34 heavy (non-hydrogen) atoms. The van der Waals surface area contributed by atoms with E-state index in [0.717, 1.165) is 0 Å². The summed E-state index contributed by atoms with van der Waals surface area (Å²) in [6, 6.07) is 7.33. The topological polar surface area (TPSA) is 154 Å². The molecule has 0 bridgehead atoms. The van der Waals surface area contributed by atoms with E-state index in [1.807, 2.05) is 0 Å². The Kier molecular flexibility index (Phi) is 6.07. The maximum Gasteiger partial charge on any atom is 0.253 e. The van der Waals surface area contributed by atoms with Crippen molar-refractivity contribution in [1.29, 1.82) is 5.26 Å². The Hall–Kier alpha value is -4.56. The lowest BCUT2D eigenvalue weighted by Gasteiger charge is -2.11. The van der Waals surface area contributed by atoms with Crippen LogP contribution in [0, 0.1) is 11.3 Å². The predicted molar refractivity (Wildman–Crippen MR) is 125 cm³/mol. The van der Waals surface area contributed by atoms with E-state index in [1.54, 1.807) is 54.8 Å². The van der Waals surface area contributed by atoms with Gasteiger partial charge in [0.2, 0.25) is 0 Å². The number of hydrogen-bond donors (Lipinski definition) is 2. The number of anilines is 1. The van der Waals surface area contributed by atoms with E-state index in [-0.39, 0.29) is 16.8 Å². The highest BCUT2D eigenvalue weighted by Gasteiger charge is 2.25. The van der Waals surface area contributed by atoms with Crippen molar-refractivity contribution in [2.75, 3.05) is 25.6 Å². The molecule has 3 N–H and O–H groups in total. The van der Waals surface area contributed by atoms with Crippen molar-refractivity contribution in [1.82, 2.24) is 24.3 Å². The van der Waals surface area contributed by atoms with Crippen molar-refractivity contribution in [2.24, 2.45) is 19.8 Å². The normalized spacial score (nSPS) is 10.9. The molecule has 4 heterocycles. The predicted octanol–water partition coefficient (Wildman–Crippen LogP) is 1.88. The van der Waals surface area contributed by atoms with Crippen LogP contribution in [0.5, 0.6) is 0 Å². The summed E-state index contributed by atoms with van der Waals surface area (Å²) in [5.74, 6) is -0.710. The van der Waals surface area contributed by atoms with Gasteiger partial charge in [-0.05, 0) is 18.2 Å². The van der Waals surface area contributed by atoms with Crippen LogP contribution in [-0.2, 0) is 18.8 Å². The van der Waals surface area contributed by atoms with Crippen molar-refractivity contribution in [2.45, 2.75) is 0 Å². The fourth-order valence-corrected chi connectivity index (χ4v) is 3.93. The Morgan fingerprint density at radius 3 is 2.76 bits per heavy atom. The minimum Gasteiger partial charge on any atom is -0.383 e. The van der Waals surface area contributed by atoms with Gasteiger partial charge in [0.15, 0.2) is 6.29 Å². The first kappa shape index (κ1) is 22.6. The monoisotopic (exact) mass is 458 g/mol. The second-order valence-electron chi connectivity index (χ2n) is 7.54. The third-order valence-electron chi connectivity index (χ3n) is 5.55. The number of rotatable bonds is 8. The number of pyridine rings is 2. The average molecular weight is 458 g/mol. The lowest BCUT2D eigenvalue weighted by atomic mass is 10.1. The number of primary amides is 1. The minimum atomic E-state index is -0.710. The smallest absolute Gasteiger partial charge is 0.253 e. The number of fused-ring (bicyclic) bond motifs is 1. The zero-order valence-corrected chi connectivity index (χ0v) is 18.9. The van der Waals surface area contributed by atoms with E-state index < -0.39 is 5.91 Å². The molecule has 4 aromatic rings. The summed E-state index contributed by atoms with van der Waals surface area (Å²) in [6.45, 7) is 0.920. The van der Waals surface area contributed by atoms with Gasteiger partial charge in [-0.15, -0.1) is 0 Å².